The lowest BCUT2D eigenvalue weighted by atomic mass is 10.4. The zero-order chi connectivity index (χ0) is 12.7. The Bertz CT molecular complexity index is 347. The van der Waals surface area contributed by atoms with Gasteiger partial charge in [0, 0.05) is 27.7 Å². The molecule has 0 saturated carbocycles. The van der Waals surface area contributed by atoms with E-state index in [-0.39, 0.29) is 0 Å². The van der Waals surface area contributed by atoms with Crippen LogP contribution < -0.4 is 10.2 Å². The first-order valence-electron chi connectivity index (χ1n) is 5.39. The number of ether oxygens (including phenoxy) is 2. The van der Waals surface area contributed by atoms with Gasteiger partial charge in [0.15, 0.2) is 0 Å². The van der Waals surface area contributed by atoms with Crippen LogP contribution in [0.25, 0.3) is 0 Å². The average Bonchev–Trinajstić information content (AvgIpc) is 2.36. The maximum absolute atomic E-state index is 5.03. The van der Waals surface area contributed by atoms with Gasteiger partial charge < -0.3 is 19.7 Å². The summed E-state index contributed by atoms with van der Waals surface area (Å²) in [5.74, 6) is 1.82. The molecule has 96 valence electrons. The zero-order valence-corrected chi connectivity index (χ0v) is 10.7. The molecule has 1 heterocycles. The third-order valence-corrected chi connectivity index (χ3v) is 2.02. The normalized spacial score (nSPS) is 10.4. The highest BCUT2D eigenvalue weighted by Crippen LogP contribution is 2.09. The number of nitrogens with zero attached hydrogens (tertiary/aromatic N) is 4. The van der Waals surface area contributed by atoms with Crippen molar-refractivity contribution in [2.24, 2.45) is 0 Å². The molecule has 0 aliphatic rings. The molecular weight excluding hydrogens is 222 g/mol. The molecule has 1 aromatic heterocycles. The molecule has 0 amide bonds. The van der Waals surface area contributed by atoms with E-state index in [0.717, 1.165) is 12.2 Å². The summed E-state index contributed by atoms with van der Waals surface area (Å²) in [6.45, 7) is 2.78. The SMILES string of the molecule is CCc1nc(NCOC)nc(N(C)COC)n1. The van der Waals surface area contributed by atoms with Crippen molar-refractivity contribution >= 4 is 11.9 Å². The van der Waals surface area contributed by atoms with Crippen molar-refractivity contribution in [3.8, 4) is 0 Å². The minimum atomic E-state index is 0.362. The summed E-state index contributed by atoms with van der Waals surface area (Å²) in [4.78, 5) is 14.6. The first-order valence-corrected chi connectivity index (χ1v) is 5.39. The number of hydrogen-bond acceptors (Lipinski definition) is 7. The molecule has 1 rings (SSSR count). The highest BCUT2D eigenvalue weighted by molar-refractivity contribution is 5.35. The Kier molecular flexibility index (Phi) is 5.58. The molecule has 0 radical (unpaired) electrons. The van der Waals surface area contributed by atoms with Gasteiger partial charge in [0.25, 0.3) is 0 Å². The molecule has 1 aromatic rings. The van der Waals surface area contributed by atoms with Crippen LogP contribution in [0.1, 0.15) is 12.7 Å². The van der Waals surface area contributed by atoms with Crippen LogP contribution in [0.2, 0.25) is 0 Å². The Balaban J connectivity index is 2.88. The van der Waals surface area contributed by atoms with Crippen molar-refractivity contribution in [3.05, 3.63) is 5.82 Å². The lowest BCUT2D eigenvalue weighted by Crippen LogP contribution is -2.24. The summed E-state index contributed by atoms with van der Waals surface area (Å²) < 4.78 is 9.95. The van der Waals surface area contributed by atoms with E-state index < -0.39 is 0 Å². The molecule has 0 aliphatic heterocycles. The third-order valence-electron chi connectivity index (χ3n) is 2.02. The monoisotopic (exact) mass is 241 g/mol. The molecule has 0 aliphatic carbocycles. The topological polar surface area (TPSA) is 72.4 Å². The van der Waals surface area contributed by atoms with Crippen LogP contribution in [-0.2, 0) is 15.9 Å². The summed E-state index contributed by atoms with van der Waals surface area (Å²) in [7, 11) is 5.09. The van der Waals surface area contributed by atoms with E-state index in [1.807, 2.05) is 14.0 Å². The average molecular weight is 241 g/mol. The smallest absolute Gasteiger partial charge is 0.231 e. The first-order chi connectivity index (χ1) is 8.21. The molecule has 0 saturated heterocycles. The van der Waals surface area contributed by atoms with Gasteiger partial charge in [-0.25, -0.2) is 0 Å². The largest absolute Gasteiger partial charge is 0.364 e. The minimum Gasteiger partial charge on any atom is -0.364 e. The summed E-state index contributed by atoms with van der Waals surface area (Å²) in [5, 5.41) is 2.95. The fourth-order valence-electron chi connectivity index (χ4n) is 1.20. The second kappa shape index (κ2) is 6.97. The van der Waals surface area contributed by atoms with E-state index in [2.05, 4.69) is 20.3 Å². The van der Waals surface area contributed by atoms with Crippen molar-refractivity contribution < 1.29 is 9.47 Å². The van der Waals surface area contributed by atoms with Crippen LogP contribution in [0.5, 0.6) is 0 Å². The zero-order valence-electron chi connectivity index (χ0n) is 10.7. The van der Waals surface area contributed by atoms with Crippen molar-refractivity contribution in [3.63, 3.8) is 0 Å². The minimum absolute atomic E-state index is 0.362. The Morgan fingerprint density at radius 1 is 1.18 bits per heavy atom. The van der Waals surface area contributed by atoms with Gasteiger partial charge in [0.2, 0.25) is 11.9 Å². The Morgan fingerprint density at radius 3 is 2.53 bits per heavy atom. The number of methoxy groups -OCH3 is 2. The summed E-state index contributed by atoms with van der Waals surface area (Å²) in [6.07, 6.45) is 0.748. The Hall–Kier alpha value is -1.47. The summed E-state index contributed by atoms with van der Waals surface area (Å²) in [6, 6.07) is 0. The summed E-state index contributed by atoms with van der Waals surface area (Å²) >= 11 is 0. The molecule has 0 unspecified atom stereocenters. The maximum atomic E-state index is 5.03. The molecule has 7 heteroatoms. The van der Waals surface area contributed by atoms with Gasteiger partial charge in [0.05, 0.1) is 0 Å². The van der Waals surface area contributed by atoms with Crippen LogP contribution in [0.4, 0.5) is 11.9 Å². The fraction of sp³-hybridized carbons (Fsp3) is 0.700. The molecule has 0 aromatic carbocycles. The molecule has 7 nitrogen and oxygen atoms in total. The molecule has 0 bridgehead atoms. The number of aryl methyl sites for hydroxylation is 1. The fourth-order valence-corrected chi connectivity index (χ4v) is 1.20. The number of rotatable bonds is 7. The van der Waals surface area contributed by atoms with E-state index >= 15 is 0 Å². The molecule has 0 spiro atoms. The van der Waals surface area contributed by atoms with Crippen molar-refractivity contribution in [2.75, 3.05) is 44.9 Å². The molecule has 1 N–H and O–H groups in total. The van der Waals surface area contributed by atoms with Gasteiger partial charge in [-0.15, -0.1) is 0 Å². The van der Waals surface area contributed by atoms with Gasteiger partial charge in [-0.3, -0.25) is 0 Å². The van der Waals surface area contributed by atoms with Gasteiger partial charge in [-0.05, 0) is 0 Å². The summed E-state index contributed by atoms with van der Waals surface area (Å²) in [5.41, 5.74) is 0. The van der Waals surface area contributed by atoms with Gasteiger partial charge in [-0.1, -0.05) is 6.92 Å². The second-order valence-corrected chi connectivity index (χ2v) is 3.45. The first kappa shape index (κ1) is 13.6. The van der Waals surface area contributed by atoms with Crippen LogP contribution in [-0.4, -0.2) is 49.7 Å². The van der Waals surface area contributed by atoms with E-state index in [1.54, 1.807) is 19.1 Å². The number of aromatic nitrogens is 3. The molecule has 17 heavy (non-hydrogen) atoms. The van der Waals surface area contributed by atoms with E-state index in [0.29, 0.717) is 25.4 Å². The standard InChI is InChI=1S/C10H19N5O2/c1-5-8-12-9(11-6-16-3)14-10(13-8)15(2)7-17-4/h5-7H2,1-4H3,(H,11,12,13,14). The van der Waals surface area contributed by atoms with Gasteiger partial charge in [-0.2, -0.15) is 15.0 Å². The predicted molar refractivity (Wildman–Crippen MR) is 65.0 cm³/mol. The Morgan fingerprint density at radius 2 is 1.94 bits per heavy atom. The maximum Gasteiger partial charge on any atom is 0.231 e. The van der Waals surface area contributed by atoms with Crippen LogP contribution in [0.15, 0.2) is 0 Å². The van der Waals surface area contributed by atoms with Gasteiger partial charge >= 0.3 is 0 Å². The second-order valence-electron chi connectivity index (χ2n) is 3.45. The third kappa shape index (κ3) is 4.12. The quantitative estimate of drug-likeness (QED) is 0.696. The van der Waals surface area contributed by atoms with E-state index in [1.165, 1.54) is 0 Å². The van der Waals surface area contributed by atoms with Crippen molar-refractivity contribution in [1.29, 1.82) is 0 Å². The van der Waals surface area contributed by atoms with E-state index in [4.69, 9.17) is 9.47 Å². The molecule has 0 atom stereocenters. The molecule has 0 fully saturated rings. The highest BCUT2D eigenvalue weighted by atomic mass is 16.5. The van der Waals surface area contributed by atoms with Crippen molar-refractivity contribution in [1.82, 2.24) is 15.0 Å². The van der Waals surface area contributed by atoms with Crippen LogP contribution >= 0.6 is 0 Å². The van der Waals surface area contributed by atoms with Crippen LogP contribution in [0, 0.1) is 0 Å². The van der Waals surface area contributed by atoms with Gasteiger partial charge in [0.1, 0.15) is 19.3 Å². The van der Waals surface area contributed by atoms with Crippen LogP contribution in [0.3, 0.4) is 0 Å². The molecular formula is C10H19N5O2. The number of nitrogens with one attached hydrogen (secondary N) is 1. The number of hydrogen-bond donors (Lipinski definition) is 1. The highest BCUT2D eigenvalue weighted by Gasteiger charge is 2.08. The lowest BCUT2D eigenvalue weighted by molar-refractivity contribution is 0.201. The van der Waals surface area contributed by atoms with E-state index in [9.17, 15) is 0 Å². The Labute approximate surface area is 101 Å². The van der Waals surface area contributed by atoms with Crippen molar-refractivity contribution in [2.45, 2.75) is 13.3 Å². The number of anilines is 2. The predicted octanol–water partition coefficient (Wildman–Crippen LogP) is 0.490. The lowest BCUT2D eigenvalue weighted by Gasteiger charge is -2.16.